The van der Waals surface area contributed by atoms with Crippen molar-refractivity contribution >= 4 is 23.8 Å². The molecule has 0 aliphatic heterocycles. The lowest BCUT2D eigenvalue weighted by atomic mass is 9.97. The number of esters is 1. The van der Waals surface area contributed by atoms with Crippen LogP contribution in [0.5, 0.6) is 0 Å². The second kappa shape index (κ2) is 10.6. The number of amides is 2. The van der Waals surface area contributed by atoms with Gasteiger partial charge in [0.25, 0.3) is 0 Å². The van der Waals surface area contributed by atoms with Gasteiger partial charge in [-0.05, 0) is 25.2 Å². The van der Waals surface area contributed by atoms with Gasteiger partial charge in [0.05, 0.1) is 13.0 Å². The van der Waals surface area contributed by atoms with Gasteiger partial charge >= 0.3 is 11.9 Å². The topological polar surface area (TPSA) is 122 Å². The Hall–Kier alpha value is -2.12. The lowest BCUT2D eigenvalue weighted by Crippen LogP contribution is -2.53. The highest BCUT2D eigenvalue weighted by Gasteiger charge is 2.31. The van der Waals surface area contributed by atoms with Crippen LogP contribution in [0.25, 0.3) is 0 Å². The molecule has 0 saturated heterocycles. The molecule has 8 nitrogen and oxygen atoms in total. The number of hydrogen-bond acceptors (Lipinski definition) is 5. The molecule has 0 spiro atoms. The van der Waals surface area contributed by atoms with Crippen molar-refractivity contribution in [3.8, 4) is 0 Å². The van der Waals surface area contributed by atoms with E-state index in [0.29, 0.717) is 6.42 Å². The molecule has 0 saturated carbocycles. The Morgan fingerprint density at radius 3 is 2.08 bits per heavy atom. The molecule has 2 amide bonds. The quantitative estimate of drug-likeness (QED) is 0.501. The predicted octanol–water partition coefficient (Wildman–Crippen LogP) is 0.696. The maximum absolute atomic E-state index is 12.3. The van der Waals surface area contributed by atoms with E-state index in [9.17, 15) is 24.3 Å². The molecule has 0 aliphatic carbocycles. The first kappa shape index (κ1) is 21.9. The molecule has 0 heterocycles. The van der Waals surface area contributed by atoms with Crippen LogP contribution in [-0.4, -0.2) is 47.6 Å². The lowest BCUT2D eigenvalue weighted by molar-refractivity contribution is -0.147. The van der Waals surface area contributed by atoms with Crippen molar-refractivity contribution in [1.29, 1.82) is 0 Å². The summed E-state index contributed by atoms with van der Waals surface area (Å²) in [6.07, 6.45) is 0.254. The summed E-state index contributed by atoms with van der Waals surface area (Å²) in [5.41, 5.74) is 0. The Labute approximate surface area is 142 Å². The second-order valence-corrected chi connectivity index (χ2v) is 6.19. The van der Waals surface area contributed by atoms with Crippen molar-refractivity contribution in [2.75, 3.05) is 6.61 Å². The van der Waals surface area contributed by atoms with Crippen LogP contribution < -0.4 is 10.6 Å². The van der Waals surface area contributed by atoms with Gasteiger partial charge < -0.3 is 20.5 Å². The summed E-state index contributed by atoms with van der Waals surface area (Å²) < 4.78 is 4.80. The fourth-order valence-electron chi connectivity index (χ4n) is 2.25. The summed E-state index contributed by atoms with van der Waals surface area (Å²) in [6.45, 7) is 8.47. The predicted molar refractivity (Wildman–Crippen MR) is 87.0 cm³/mol. The molecule has 0 aromatic heterocycles. The Morgan fingerprint density at radius 2 is 1.67 bits per heavy atom. The van der Waals surface area contributed by atoms with Crippen molar-refractivity contribution < 1.29 is 29.0 Å². The third kappa shape index (κ3) is 8.50. The van der Waals surface area contributed by atoms with Gasteiger partial charge in [0, 0.05) is 6.92 Å². The van der Waals surface area contributed by atoms with Gasteiger partial charge in [-0.25, -0.2) is 4.79 Å². The third-order valence-corrected chi connectivity index (χ3v) is 3.33. The molecule has 0 aromatic carbocycles. The van der Waals surface area contributed by atoms with E-state index in [1.54, 1.807) is 13.8 Å². The van der Waals surface area contributed by atoms with Crippen LogP contribution in [0.1, 0.15) is 47.5 Å². The third-order valence-electron chi connectivity index (χ3n) is 3.33. The molecule has 0 aliphatic rings. The van der Waals surface area contributed by atoms with Gasteiger partial charge in [0.15, 0.2) is 0 Å². The highest BCUT2D eigenvalue weighted by atomic mass is 16.5. The first-order chi connectivity index (χ1) is 11.1. The Kier molecular flexibility index (Phi) is 9.68. The fourth-order valence-corrected chi connectivity index (χ4v) is 2.25. The van der Waals surface area contributed by atoms with Crippen LogP contribution in [0.2, 0.25) is 0 Å². The van der Waals surface area contributed by atoms with Crippen molar-refractivity contribution in [2.45, 2.75) is 59.5 Å². The number of hydrogen-bond donors (Lipinski definition) is 3. The maximum Gasteiger partial charge on any atom is 0.326 e. The molecule has 0 unspecified atom stereocenters. The molecule has 3 N–H and O–H groups in total. The van der Waals surface area contributed by atoms with E-state index in [-0.39, 0.29) is 24.9 Å². The van der Waals surface area contributed by atoms with E-state index < -0.39 is 35.8 Å². The molecule has 0 radical (unpaired) electrons. The Balaban J connectivity index is 4.99. The van der Waals surface area contributed by atoms with Gasteiger partial charge in [-0.15, -0.1) is 0 Å². The van der Waals surface area contributed by atoms with E-state index in [4.69, 9.17) is 4.74 Å². The number of carbonyl (C=O) groups excluding carboxylic acids is 3. The van der Waals surface area contributed by atoms with Gasteiger partial charge in [-0.3, -0.25) is 14.4 Å². The molecule has 0 bridgehead atoms. The largest absolute Gasteiger partial charge is 0.480 e. The average molecular weight is 344 g/mol. The summed E-state index contributed by atoms with van der Waals surface area (Å²) in [7, 11) is 0. The van der Waals surface area contributed by atoms with Crippen molar-refractivity contribution in [3.05, 3.63) is 0 Å². The zero-order valence-electron chi connectivity index (χ0n) is 14.9. The van der Waals surface area contributed by atoms with E-state index in [0.717, 1.165) is 0 Å². The van der Waals surface area contributed by atoms with Gasteiger partial charge in [0.1, 0.15) is 12.1 Å². The van der Waals surface area contributed by atoms with Gasteiger partial charge in [0.2, 0.25) is 11.8 Å². The molecule has 0 fully saturated rings. The molecule has 8 heteroatoms. The highest BCUT2D eigenvalue weighted by molar-refractivity contribution is 5.90. The van der Waals surface area contributed by atoms with Crippen molar-refractivity contribution in [1.82, 2.24) is 10.6 Å². The van der Waals surface area contributed by atoms with Crippen LogP contribution in [0, 0.1) is 11.8 Å². The molecule has 138 valence electrons. The van der Waals surface area contributed by atoms with Gasteiger partial charge in [-0.2, -0.15) is 0 Å². The Bertz CT molecular complexity index is 463. The maximum atomic E-state index is 12.3. The van der Waals surface area contributed by atoms with Crippen LogP contribution in [0.4, 0.5) is 0 Å². The zero-order chi connectivity index (χ0) is 18.9. The summed E-state index contributed by atoms with van der Waals surface area (Å²) in [4.78, 5) is 46.5. The van der Waals surface area contributed by atoms with E-state index in [2.05, 4.69) is 10.6 Å². The molecular weight excluding hydrogens is 316 g/mol. The van der Waals surface area contributed by atoms with Crippen molar-refractivity contribution in [3.63, 3.8) is 0 Å². The first-order valence-electron chi connectivity index (χ1n) is 8.04. The highest BCUT2D eigenvalue weighted by Crippen LogP contribution is 2.12. The van der Waals surface area contributed by atoms with E-state index in [1.165, 1.54) is 6.92 Å². The van der Waals surface area contributed by atoms with Crippen molar-refractivity contribution in [2.24, 2.45) is 11.8 Å². The van der Waals surface area contributed by atoms with Crippen LogP contribution in [0.3, 0.4) is 0 Å². The molecule has 24 heavy (non-hydrogen) atoms. The number of ether oxygens (including phenoxy) is 1. The average Bonchev–Trinajstić information content (AvgIpc) is 2.42. The SMILES string of the molecule is CCOC(=O)C[C@@H](C)[C@@H](NC(=O)[C@H](CC(C)C)NC(C)=O)C(=O)O. The number of aliphatic carboxylic acids is 1. The minimum absolute atomic E-state index is 0.125. The molecule has 0 rings (SSSR count). The number of rotatable bonds is 10. The lowest BCUT2D eigenvalue weighted by Gasteiger charge is -2.25. The van der Waals surface area contributed by atoms with E-state index >= 15 is 0 Å². The van der Waals surface area contributed by atoms with E-state index in [1.807, 2.05) is 13.8 Å². The molecule has 0 aromatic rings. The number of carboxylic acids is 1. The standard InChI is InChI=1S/C16H28N2O6/c1-6-24-13(20)8-10(4)14(16(22)23)18-15(21)12(7-9(2)3)17-11(5)19/h9-10,12,14H,6-8H2,1-5H3,(H,17,19)(H,18,21)(H,22,23)/t10-,12+,14-/m1/s1. The molecular formula is C16H28N2O6. The fraction of sp³-hybridized carbons (Fsp3) is 0.750. The minimum Gasteiger partial charge on any atom is -0.480 e. The summed E-state index contributed by atoms with van der Waals surface area (Å²) in [5, 5.41) is 14.3. The second-order valence-electron chi connectivity index (χ2n) is 6.19. The van der Waals surface area contributed by atoms with Crippen LogP contribution in [0.15, 0.2) is 0 Å². The smallest absolute Gasteiger partial charge is 0.326 e. The monoisotopic (exact) mass is 344 g/mol. The number of nitrogens with one attached hydrogen (secondary N) is 2. The van der Waals surface area contributed by atoms with Gasteiger partial charge in [-0.1, -0.05) is 20.8 Å². The zero-order valence-corrected chi connectivity index (χ0v) is 14.9. The summed E-state index contributed by atoms with van der Waals surface area (Å²) in [6, 6.07) is -2.07. The number of carboxylic acid groups (broad SMARTS) is 1. The summed E-state index contributed by atoms with van der Waals surface area (Å²) >= 11 is 0. The first-order valence-corrected chi connectivity index (χ1v) is 8.04. The molecule has 3 atom stereocenters. The summed E-state index contributed by atoms with van der Waals surface area (Å²) in [5.74, 6) is -3.24. The van der Waals surface area contributed by atoms with Crippen LogP contribution in [-0.2, 0) is 23.9 Å². The minimum atomic E-state index is -1.25. The number of carbonyl (C=O) groups is 4. The van der Waals surface area contributed by atoms with Crippen LogP contribution >= 0.6 is 0 Å². The normalized spacial score (nSPS) is 14.4. The Morgan fingerprint density at radius 1 is 1.08 bits per heavy atom.